The average molecular weight is 344 g/mol. The number of halogens is 2. The van der Waals surface area contributed by atoms with Gasteiger partial charge in [0.05, 0.1) is 35.1 Å². The summed E-state index contributed by atoms with van der Waals surface area (Å²) >= 11 is 0. The lowest BCUT2D eigenvalue weighted by Crippen LogP contribution is -2.12. The molecule has 130 valence electrons. The van der Waals surface area contributed by atoms with E-state index in [4.69, 9.17) is 4.74 Å². The van der Waals surface area contributed by atoms with E-state index in [-0.39, 0.29) is 11.5 Å². The standard InChI is InChI=1S/C19H18F2N2O2/c1-10(2)18-12(19(24)25-4)8-9-15-16(11(3)22-23(15)18)17-13(20)6-5-7-14(17)21/h5-10H,1-4H3. The predicted octanol–water partition coefficient (Wildman–Crippen LogP) is 4.50. The first-order valence-electron chi connectivity index (χ1n) is 7.91. The van der Waals surface area contributed by atoms with Gasteiger partial charge in [0.15, 0.2) is 0 Å². The van der Waals surface area contributed by atoms with Crippen molar-refractivity contribution < 1.29 is 18.3 Å². The Balaban J connectivity index is 2.40. The average Bonchev–Trinajstić information content (AvgIpc) is 2.89. The van der Waals surface area contributed by atoms with Crippen molar-refractivity contribution in [2.45, 2.75) is 26.7 Å². The third-order valence-electron chi connectivity index (χ3n) is 4.17. The van der Waals surface area contributed by atoms with Crippen molar-refractivity contribution in [1.29, 1.82) is 0 Å². The van der Waals surface area contributed by atoms with Gasteiger partial charge in [-0.15, -0.1) is 0 Å². The van der Waals surface area contributed by atoms with Gasteiger partial charge in [0.1, 0.15) is 11.6 Å². The van der Waals surface area contributed by atoms with Crippen LogP contribution in [0.2, 0.25) is 0 Å². The Labute approximate surface area is 144 Å². The molecule has 25 heavy (non-hydrogen) atoms. The highest BCUT2D eigenvalue weighted by Crippen LogP contribution is 2.34. The minimum absolute atomic E-state index is 0.0459. The van der Waals surface area contributed by atoms with Crippen molar-refractivity contribution in [3.8, 4) is 11.1 Å². The highest BCUT2D eigenvalue weighted by atomic mass is 19.1. The Morgan fingerprint density at radius 1 is 1.12 bits per heavy atom. The van der Waals surface area contributed by atoms with E-state index >= 15 is 0 Å². The van der Waals surface area contributed by atoms with Gasteiger partial charge in [-0.1, -0.05) is 19.9 Å². The number of ether oxygens (including phenoxy) is 1. The maximum Gasteiger partial charge on any atom is 0.339 e. The first kappa shape index (κ1) is 17.1. The second-order valence-corrected chi connectivity index (χ2v) is 6.13. The number of carbonyl (C=O) groups is 1. The number of pyridine rings is 1. The molecule has 3 aromatic rings. The number of hydrogen-bond acceptors (Lipinski definition) is 3. The number of fused-ring (bicyclic) bond motifs is 1. The van der Waals surface area contributed by atoms with Crippen molar-refractivity contribution in [3.63, 3.8) is 0 Å². The molecule has 0 N–H and O–H groups in total. The number of esters is 1. The Kier molecular flexibility index (Phi) is 4.29. The van der Waals surface area contributed by atoms with Crippen LogP contribution in [-0.4, -0.2) is 22.7 Å². The van der Waals surface area contributed by atoms with Gasteiger partial charge in [0, 0.05) is 5.56 Å². The van der Waals surface area contributed by atoms with Crippen LogP contribution in [0.25, 0.3) is 16.6 Å². The number of rotatable bonds is 3. The molecule has 0 saturated carbocycles. The predicted molar refractivity (Wildman–Crippen MR) is 90.7 cm³/mol. The summed E-state index contributed by atoms with van der Waals surface area (Å²) in [5, 5.41) is 4.45. The molecule has 2 heterocycles. The molecule has 0 spiro atoms. The Bertz CT molecular complexity index is 957. The van der Waals surface area contributed by atoms with Crippen molar-refractivity contribution in [3.05, 3.63) is 58.9 Å². The molecular weight excluding hydrogens is 326 g/mol. The number of methoxy groups -OCH3 is 1. The summed E-state index contributed by atoms with van der Waals surface area (Å²) in [5.41, 5.74) is 2.30. The van der Waals surface area contributed by atoms with Crippen LogP contribution in [0.4, 0.5) is 8.78 Å². The number of aromatic nitrogens is 2. The molecule has 0 aliphatic carbocycles. The van der Waals surface area contributed by atoms with Crippen LogP contribution in [0, 0.1) is 18.6 Å². The summed E-state index contributed by atoms with van der Waals surface area (Å²) in [7, 11) is 1.31. The van der Waals surface area contributed by atoms with Gasteiger partial charge in [-0.25, -0.2) is 18.1 Å². The summed E-state index contributed by atoms with van der Waals surface area (Å²) in [4.78, 5) is 12.1. The van der Waals surface area contributed by atoms with E-state index < -0.39 is 17.6 Å². The van der Waals surface area contributed by atoms with Gasteiger partial charge in [-0.05, 0) is 37.1 Å². The fourth-order valence-electron chi connectivity index (χ4n) is 3.13. The molecule has 0 aliphatic rings. The van der Waals surface area contributed by atoms with Crippen LogP contribution in [0.15, 0.2) is 30.3 Å². The molecule has 0 fully saturated rings. The maximum atomic E-state index is 14.3. The molecule has 6 heteroatoms. The summed E-state index contributed by atoms with van der Waals surface area (Å²) in [5.74, 6) is -1.82. The first-order chi connectivity index (χ1) is 11.9. The second kappa shape index (κ2) is 6.27. The summed E-state index contributed by atoms with van der Waals surface area (Å²) in [6, 6.07) is 7.00. The van der Waals surface area contributed by atoms with Crippen LogP contribution in [0.5, 0.6) is 0 Å². The van der Waals surface area contributed by atoms with Crippen molar-refractivity contribution in [2.24, 2.45) is 0 Å². The topological polar surface area (TPSA) is 43.6 Å². The number of carbonyl (C=O) groups excluding carboxylic acids is 1. The van der Waals surface area contributed by atoms with Crippen LogP contribution in [-0.2, 0) is 4.74 Å². The fraction of sp³-hybridized carbons (Fsp3) is 0.263. The monoisotopic (exact) mass is 344 g/mol. The van der Waals surface area contributed by atoms with Crippen LogP contribution in [0.3, 0.4) is 0 Å². The zero-order chi connectivity index (χ0) is 18.3. The SMILES string of the molecule is COC(=O)c1ccc2c(-c3c(F)cccc3F)c(C)nn2c1C(C)C. The minimum atomic E-state index is -0.652. The molecule has 3 rings (SSSR count). The van der Waals surface area contributed by atoms with Gasteiger partial charge >= 0.3 is 5.97 Å². The van der Waals surface area contributed by atoms with Gasteiger partial charge in [0.25, 0.3) is 0 Å². The third-order valence-corrected chi connectivity index (χ3v) is 4.17. The lowest BCUT2D eigenvalue weighted by atomic mass is 10.00. The van der Waals surface area contributed by atoms with Crippen LogP contribution < -0.4 is 0 Å². The zero-order valence-corrected chi connectivity index (χ0v) is 14.4. The van der Waals surface area contributed by atoms with Crippen molar-refractivity contribution in [2.75, 3.05) is 7.11 Å². The lowest BCUT2D eigenvalue weighted by molar-refractivity contribution is 0.0598. The molecule has 1 aromatic carbocycles. The highest BCUT2D eigenvalue weighted by Gasteiger charge is 2.24. The summed E-state index contributed by atoms with van der Waals surface area (Å²) in [6.45, 7) is 5.53. The smallest absolute Gasteiger partial charge is 0.339 e. The largest absolute Gasteiger partial charge is 0.465 e. The Morgan fingerprint density at radius 2 is 1.76 bits per heavy atom. The molecule has 0 atom stereocenters. The van der Waals surface area contributed by atoms with E-state index in [1.165, 1.54) is 25.3 Å². The maximum absolute atomic E-state index is 14.3. The molecular formula is C19H18F2N2O2. The normalized spacial score (nSPS) is 11.3. The highest BCUT2D eigenvalue weighted by molar-refractivity contribution is 5.93. The van der Waals surface area contributed by atoms with E-state index in [1.807, 2.05) is 13.8 Å². The molecule has 0 aliphatic heterocycles. The van der Waals surface area contributed by atoms with Crippen molar-refractivity contribution >= 4 is 11.5 Å². The van der Waals surface area contributed by atoms with Crippen LogP contribution >= 0.6 is 0 Å². The van der Waals surface area contributed by atoms with E-state index in [9.17, 15) is 13.6 Å². The molecule has 0 saturated heterocycles. The quantitative estimate of drug-likeness (QED) is 0.657. The van der Waals surface area contributed by atoms with Gasteiger partial charge in [-0.2, -0.15) is 5.10 Å². The van der Waals surface area contributed by atoms with E-state index in [0.717, 1.165) is 0 Å². The zero-order valence-electron chi connectivity index (χ0n) is 14.4. The van der Waals surface area contributed by atoms with E-state index in [2.05, 4.69) is 5.10 Å². The van der Waals surface area contributed by atoms with E-state index in [0.29, 0.717) is 28.0 Å². The molecule has 2 aromatic heterocycles. The molecule has 0 amide bonds. The minimum Gasteiger partial charge on any atom is -0.465 e. The molecule has 0 radical (unpaired) electrons. The van der Waals surface area contributed by atoms with Gasteiger partial charge < -0.3 is 4.74 Å². The molecule has 0 bridgehead atoms. The second-order valence-electron chi connectivity index (χ2n) is 6.13. The molecule has 0 unspecified atom stereocenters. The first-order valence-corrected chi connectivity index (χ1v) is 7.91. The Morgan fingerprint density at radius 3 is 2.32 bits per heavy atom. The number of benzene rings is 1. The lowest BCUT2D eigenvalue weighted by Gasteiger charge is -2.13. The number of aryl methyl sites for hydroxylation is 1. The van der Waals surface area contributed by atoms with Gasteiger partial charge in [-0.3, -0.25) is 0 Å². The van der Waals surface area contributed by atoms with Crippen molar-refractivity contribution in [1.82, 2.24) is 9.61 Å². The van der Waals surface area contributed by atoms with Gasteiger partial charge in [0.2, 0.25) is 0 Å². The summed E-state index contributed by atoms with van der Waals surface area (Å²) in [6.07, 6.45) is 0. The van der Waals surface area contributed by atoms with Crippen LogP contribution in [0.1, 0.15) is 41.5 Å². The third kappa shape index (κ3) is 2.67. The molecule has 4 nitrogen and oxygen atoms in total. The number of nitrogens with zero attached hydrogens (tertiary/aromatic N) is 2. The fourth-order valence-corrected chi connectivity index (χ4v) is 3.13. The number of hydrogen-bond donors (Lipinski definition) is 0. The van der Waals surface area contributed by atoms with E-state index in [1.54, 1.807) is 23.6 Å². The summed E-state index contributed by atoms with van der Waals surface area (Å²) < 4.78 is 35.0. The Hall–Kier alpha value is -2.76.